The van der Waals surface area contributed by atoms with Gasteiger partial charge in [0.25, 0.3) is 11.9 Å². The number of benzene rings is 1. The molecule has 2 fully saturated rings. The van der Waals surface area contributed by atoms with Gasteiger partial charge in [0.2, 0.25) is 0 Å². The number of amides is 1. The topological polar surface area (TPSA) is 79.6 Å². The Morgan fingerprint density at radius 3 is 2.69 bits per heavy atom. The zero-order chi connectivity index (χ0) is 27.1. The van der Waals surface area contributed by atoms with E-state index in [1.54, 1.807) is 4.68 Å². The van der Waals surface area contributed by atoms with Crippen LogP contribution in [-0.4, -0.2) is 105 Å². The monoisotopic (exact) mass is 558 g/mol. The number of fused-ring (bicyclic) bond motifs is 1. The van der Waals surface area contributed by atoms with Crippen LogP contribution >= 0.6 is 11.3 Å². The molecule has 39 heavy (non-hydrogen) atoms. The molecule has 3 aromatic heterocycles. The molecule has 2 atom stereocenters. The number of nitrogens with zero attached hydrogens (tertiary/aromatic N) is 7. The standard InChI is InChI=1S/C28H32N7O2SSi/c1-18-5-4-6-19(15-18)20-7-10-35(31-20)28-29-21-16-23(27(36)34-9-8-22(32(2)3)24(39)17-34)38-25(21)26(30-28)33-11-13-37-14-12-33/h4-7,10,15-16,22,24H,8-9,11-14,17H2,1-3H3. The van der Waals surface area contributed by atoms with E-state index in [1.807, 2.05) is 29.3 Å². The first-order valence-corrected chi connectivity index (χ1v) is 14.7. The molecule has 5 heterocycles. The Kier molecular flexibility index (Phi) is 7.23. The molecule has 4 aromatic rings. The van der Waals surface area contributed by atoms with Crippen LogP contribution in [0.2, 0.25) is 5.54 Å². The number of aryl methyl sites for hydroxylation is 1. The zero-order valence-corrected chi connectivity index (χ0v) is 24.3. The summed E-state index contributed by atoms with van der Waals surface area (Å²) in [6, 6.07) is 12.6. The van der Waals surface area contributed by atoms with Gasteiger partial charge in [-0.25, -0.2) is 9.67 Å². The second kappa shape index (κ2) is 10.8. The third-order valence-corrected chi connectivity index (χ3v) is 9.17. The molecule has 0 N–H and O–H groups in total. The molecule has 0 spiro atoms. The van der Waals surface area contributed by atoms with Crippen molar-refractivity contribution >= 4 is 43.5 Å². The van der Waals surface area contributed by atoms with Gasteiger partial charge in [0.1, 0.15) is 0 Å². The highest BCUT2D eigenvalue weighted by atomic mass is 32.1. The number of rotatable bonds is 5. The molecule has 9 nitrogen and oxygen atoms in total. The molecular weight excluding hydrogens is 527 g/mol. The summed E-state index contributed by atoms with van der Waals surface area (Å²) in [6.45, 7) is 6.25. The number of carbonyl (C=O) groups excluding carboxylic acids is 1. The summed E-state index contributed by atoms with van der Waals surface area (Å²) in [5, 5.41) is 4.80. The minimum atomic E-state index is 0.0498. The summed E-state index contributed by atoms with van der Waals surface area (Å²) in [7, 11) is 8.05. The second-order valence-electron chi connectivity index (χ2n) is 10.5. The van der Waals surface area contributed by atoms with Gasteiger partial charge in [0.15, 0.2) is 5.82 Å². The summed E-state index contributed by atoms with van der Waals surface area (Å²) in [5.74, 6) is 1.37. The van der Waals surface area contributed by atoms with Gasteiger partial charge in [-0.05, 0) is 51.2 Å². The van der Waals surface area contributed by atoms with Crippen molar-refractivity contribution in [2.24, 2.45) is 0 Å². The Bertz CT molecular complexity index is 1500. The van der Waals surface area contributed by atoms with Crippen LogP contribution < -0.4 is 4.90 Å². The molecule has 201 valence electrons. The first kappa shape index (κ1) is 26.1. The number of aromatic nitrogens is 4. The number of morpholine rings is 1. The largest absolute Gasteiger partial charge is 0.378 e. The lowest BCUT2D eigenvalue weighted by molar-refractivity contribution is 0.0669. The van der Waals surface area contributed by atoms with Crippen LogP contribution in [0.1, 0.15) is 21.7 Å². The Morgan fingerprint density at radius 2 is 1.95 bits per heavy atom. The molecule has 11 heteroatoms. The number of likely N-dealkylation sites (tertiary alicyclic amines) is 1. The van der Waals surface area contributed by atoms with Gasteiger partial charge in [-0.15, -0.1) is 11.3 Å². The molecule has 0 saturated carbocycles. The Labute approximate surface area is 235 Å². The highest BCUT2D eigenvalue weighted by molar-refractivity contribution is 7.21. The van der Waals surface area contributed by atoms with Crippen LogP contribution in [0.25, 0.3) is 27.4 Å². The van der Waals surface area contributed by atoms with Crippen molar-refractivity contribution < 1.29 is 9.53 Å². The number of anilines is 1. The van der Waals surface area contributed by atoms with Crippen molar-refractivity contribution in [2.75, 3.05) is 58.4 Å². The van der Waals surface area contributed by atoms with Crippen LogP contribution in [0.4, 0.5) is 5.82 Å². The minimum Gasteiger partial charge on any atom is -0.378 e. The molecule has 2 aliphatic heterocycles. The average Bonchev–Trinajstić information content (AvgIpc) is 3.60. The summed E-state index contributed by atoms with van der Waals surface area (Å²) in [6.07, 6.45) is 2.83. The van der Waals surface area contributed by atoms with Gasteiger partial charge in [-0.3, -0.25) is 4.79 Å². The number of piperidine rings is 1. The average molecular weight is 559 g/mol. The van der Waals surface area contributed by atoms with E-state index in [-0.39, 0.29) is 11.4 Å². The van der Waals surface area contributed by atoms with Crippen molar-refractivity contribution in [2.45, 2.75) is 24.9 Å². The summed E-state index contributed by atoms with van der Waals surface area (Å²) in [4.78, 5) is 30.6. The van der Waals surface area contributed by atoms with Gasteiger partial charge < -0.3 is 19.4 Å². The maximum atomic E-state index is 13.6. The summed E-state index contributed by atoms with van der Waals surface area (Å²) < 4.78 is 8.25. The van der Waals surface area contributed by atoms with Gasteiger partial charge in [0.05, 0.1) is 34.0 Å². The predicted molar refractivity (Wildman–Crippen MR) is 155 cm³/mol. The van der Waals surface area contributed by atoms with E-state index in [0.29, 0.717) is 36.6 Å². The first-order chi connectivity index (χ1) is 18.9. The Balaban J connectivity index is 1.35. The quantitative estimate of drug-likeness (QED) is 0.347. The van der Waals surface area contributed by atoms with Gasteiger partial charge in [-0.1, -0.05) is 23.8 Å². The third kappa shape index (κ3) is 5.23. The smallest absolute Gasteiger partial charge is 0.264 e. The van der Waals surface area contributed by atoms with Crippen LogP contribution in [0.3, 0.4) is 0 Å². The number of carbonyl (C=O) groups is 1. The van der Waals surface area contributed by atoms with Crippen molar-refractivity contribution in [3.05, 3.63) is 53.0 Å². The third-order valence-electron chi connectivity index (χ3n) is 7.50. The minimum absolute atomic E-state index is 0.0498. The zero-order valence-electron chi connectivity index (χ0n) is 22.5. The van der Waals surface area contributed by atoms with Crippen molar-refractivity contribution in [1.29, 1.82) is 0 Å². The lowest BCUT2D eigenvalue weighted by Gasteiger charge is -2.39. The lowest BCUT2D eigenvalue weighted by Crippen LogP contribution is -2.48. The molecule has 0 aliphatic carbocycles. The number of hydrogen-bond acceptors (Lipinski definition) is 8. The Hall–Kier alpha value is -3.12. The molecule has 2 saturated heterocycles. The van der Waals surface area contributed by atoms with Gasteiger partial charge in [-0.2, -0.15) is 10.1 Å². The highest BCUT2D eigenvalue weighted by Crippen LogP contribution is 2.35. The van der Waals surface area contributed by atoms with Crippen LogP contribution in [-0.2, 0) is 4.74 Å². The molecule has 1 aromatic carbocycles. The van der Waals surface area contributed by atoms with E-state index in [4.69, 9.17) is 19.8 Å². The maximum absolute atomic E-state index is 13.6. The lowest BCUT2D eigenvalue weighted by atomic mass is 10.0. The van der Waals surface area contributed by atoms with E-state index < -0.39 is 0 Å². The fourth-order valence-corrected chi connectivity index (χ4v) is 7.16. The molecule has 0 bridgehead atoms. The highest BCUT2D eigenvalue weighted by Gasteiger charge is 2.31. The first-order valence-electron chi connectivity index (χ1n) is 13.3. The van der Waals surface area contributed by atoms with E-state index >= 15 is 0 Å². The molecular formula is C28H32N7O2SSi. The van der Waals surface area contributed by atoms with E-state index in [1.165, 1.54) is 16.9 Å². The maximum Gasteiger partial charge on any atom is 0.264 e. The SMILES string of the molecule is Cc1cccc(-c2ccn(-c3nc(N4CCOCC4)c4sc(C(=O)N5CCC(N(C)C)C([Si])C5)cc4n3)n2)c1. The van der Waals surface area contributed by atoms with E-state index in [9.17, 15) is 4.79 Å². The molecule has 2 aliphatic rings. The normalized spacial score (nSPS) is 20.2. The number of hydrogen-bond donors (Lipinski definition) is 0. The number of thiophene rings is 1. The van der Waals surface area contributed by atoms with E-state index in [2.05, 4.69) is 59.3 Å². The van der Waals surface area contributed by atoms with Crippen molar-refractivity contribution in [3.8, 4) is 17.2 Å². The second-order valence-corrected chi connectivity index (χ2v) is 12.3. The predicted octanol–water partition coefficient (Wildman–Crippen LogP) is 3.42. The van der Waals surface area contributed by atoms with Crippen LogP contribution in [0.5, 0.6) is 0 Å². The molecule has 2 unspecified atom stereocenters. The van der Waals surface area contributed by atoms with Crippen LogP contribution in [0, 0.1) is 6.92 Å². The summed E-state index contributed by atoms with van der Waals surface area (Å²) >= 11 is 1.48. The van der Waals surface area contributed by atoms with Gasteiger partial charge in [0, 0.05) is 54.2 Å². The fourth-order valence-electron chi connectivity index (χ4n) is 5.39. The van der Waals surface area contributed by atoms with Crippen LogP contribution in [0.15, 0.2) is 42.6 Å². The fraction of sp³-hybridized carbons (Fsp3) is 0.429. The number of ether oxygens (including phenoxy) is 1. The molecule has 1 amide bonds. The van der Waals surface area contributed by atoms with E-state index in [0.717, 1.165) is 53.3 Å². The Morgan fingerprint density at radius 1 is 1.13 bits per heavy atom. The molecule has 6 rings (SSSR count). The summed E-state index contributed by atoms with van der Waals surface area (Å²) in [5.41, 5.74) is 4.09. The molecule has 3 radical (unpaired) electrons. The van der Waals surface area contributed by atoms with Crippen molar-refractivity contribution in [3.63, 3.8) is 0 Å². The van der Waals surface area contributed by atoms with Crippen molar-refractivity contribution in [1.82, 2.24) is 29.5 Å². The van der Waals surface area contributed by atoms with Gasteiger partial charge >= 0.3 is 0 Å².